The van der Waals surface area contributed by atoms with E-state index in [1.807, 2.05) is 12.5 Å². The van der Waals surface area contributed by atoms with E-state index in [9.17, 15) is 5.26 Å². The van der Waals surface area contributed by atoms with Crippen molar-refractivity contribution in [3.8, 4) is 6.07 Å². The maximum Gasteiger partial charge on any atom is 0.189 e. The molecular weight excluding hydrogens is 308 g/mol. The summed E-state index contributed by atoms with van der Waals surface area (Å²) in [5.41, 5.74) is 0.548. The number of anilines is 1. The molecule has 1 aliphatic rings. The monoisotopic (exact) mass is 328 g/mol. The van der Waals surface area contributed by atoms with Gasteiger partial charge in [0.1, 0.15) is 17.5 Å². The van der Waals surface area contributed by atoms with Crippen LogP contribution < -0.4 is 4.90 Å². The highest BCUT2D eigenvalue weighted by atomic mass is 32.2. The van der Waals surface area contributed by atoms with Crippen LogP contribution in [0, 0.1) is 17.2 Å². The Hall–Kier alpha value is -2.07. The molecule has 0 spiro atoms. The number of aromatic nitrogens is 4. The second kappa shape index (κ2) is 6.59. The molecule has 0 aliphatic carbocycles. The summed E-state index contributed by atoms with van der Waals surface area (Å²) in [6.07, 6.45) is 7.48. The minimum absolute atomic E-state index is 0.428. The maximum atomic E-state index is 9.25. The third-order valence-corrected chi connectivity index (χ3v) is 4.59. The molecule has 7 heteroatoms. The summed E-state index contributed by atoms with van der Waals surface area (Å²) in [5.74, 6) is 2.88. The maximum absolute atomic E-state index is 9.25. The fourth-order valence-corrected chi connectivity index (χ4v) is 3.22. The first-order valence-corrected chi connectivity index (χ1v) is 8.92. The lowest BCUT2D eigenvalue weighted by molar-refractivity contribution is 0.348. The first-order chi connectivity index (χ1) is 11.1. The van der Waals surface area contributed by atoms with Crippen molar-refractivity contribution < 1.29 is 0 Å². The minimum atomic E-state index is 0.428. The van der Waals surface area contributed by atoms with Crippen molar-refractivity contribution >= 4 is 17.6 Å². The Kier molecular flexibility index (Phi) is 4.53. The Morgan fingerprint density at radius 3 is 2.83 bits per heavy atom. The van der Waals surface area contributed by atoms with Crippen LogP contribution in [-0.2, 0) is 6.54 Å². The molecule has 0 unspecified atom stereocenters. The highest BCUT2D eigenvalue weighted by Crippen LogP contribution is 2.28. The number of hydrogen-bond donors (Lipinski definition) is 0. The summed E-state index contributed by atoms with van der Waals surface area (Å²) in [6, 6.07) is 2.19. The first kappa shape index (κ1) is 15.8. The van der Waals surface area contributed by atoms with Gasteiger partial charge in [0, 0.05) is 43.9 Å². The predicted octanol–water partition coefficient (Wildman–Crippen LogP) is 2.53. The van der Waals surface area contributed by atoms with E-state index in [1.54, 1.807) is 6.20 Å². The first-order valence-electron chi connectivity index (χ1n) is 7.69. The molecular formula is C16H20N6S. The van der Waals surface area contributed by atoms with Crippen molar-refractivity contribution in [1.82, 2.24) is 19.5 Å². The van der Waals surface area contributed by atoms with E-state index < -0.39 is 0 Å². The summed E-state index contributed by atoms with van der Waals surface area (Å²) < 4.78 is 2.24. The average molecular weight is 328 g/mol. The zero-order chi connectivity index (χ0) is 16.4. The van der Waals surface area contributed by atoms with Gasteiger partial charge in [-0.2, -0.15) is 5.26 Å². The molecule has 0 saturated carbocycles. The van der Waals surface area contributed by atoms with Gasteiger partial charge in [-0.3, -0.25) is 0 Å². The molecule has 6 nitrogen and oxygen atoms in total. The normalized spacial score (nSPS) is 14.8. The molecule has 0 radical (unpaired) electrons. The van der Waals surface area contributed by atoms with Crippen molar-refractivity contribution in [3.05, 3.63) is 30.0 Å². The standard InChI is InChI=1S/C16H20N6S/c1-11(2)14-18-4-5-21(14)8-12-9-22(10-12)15-13(6-17)7-19-16(20-15)23-3/h4-5,7,11-12H,8-10H2,1-3H3. The van der Waals surface area contributed by atoms with Gasteiger partial charge in [0.25, 0.3) is 0 Å². The van der Waals surface area contributed by atoms with Crippen molar-refractivity contribution in [2.45, 2.75) is 31.5 Å². The van der Waals surface area contributed by atoms with Crippen molar-refractivity contribution in [1.29, 1.82) is 5.26 Å². The van der Waals surface area contributed by atoms with Gasteiger partial charge in [0.2, 0.25) is 0 Å². The Morgan fingerprint density at radius 1 is 1.39 bits per heavy atom. The molecule has 1 aliphatic heterocycles. The van der Waals surface area contributed by atoms with E-state index in [4.69, 9.17) is 0 Å². The zero-order valence-electron chi connectivity index (χ0n) is 13.6. The number of rotatable bonds is 5. The number of thioether (sulfide) groups is 1. The van der Waals surface area contributed by atoms with Crippen molar-refractivity contribution in [2.75, 3.05) is 24.2 Å². The number of hydrogen-bond acceptors (Lipinski definition) is 6. The molecule has 23 heavy (non-hydrogen) atoms. The summed E-state index contributed by atoms with van der Waals surface area (Å²) in [4.78, 5) is 15.3. The minimum Gasteiger partial charge on any atom is -0.355 e. The molecule has 0 aromatic carbocycles. The lowest BCUT2D eigenvalue weighted by Crippen LogP contribution is -2.49. The molecule has 3 rings (SSSR count). The molecule has 120 valence electrons. The van der Waals surface area contributed by atoms with E-state index >= 15 is 0 Å². The van der Waals surface area contributed by atoms with Gasteiger partial charge >= 0.3 is 0 Å². The quantitative estimate of drug-likeness (QED) is 0.620. The molecule has 0 N–H and O–H groups in total. The molecule has 0 amide bonds. The predicted molar refractivity (Wildman–Crippen MR) is 90.5 cm³/mol. The van der Waals surface area contributed by atoms with Gasteiger partial charge in [-0.05, 0) is 6.26 Å². The van der Waals surface area contributed by atoms with E-state index in [0.29, 0.717) is 22.6 Å². The Bertz CT molecular complexity index is 726. The summed E-state index contributed by atoms with van der Waals surface area (Å²) in [7, 11) is 0. The van der Waals surface area contributed by atoms with Gasteiger partial charge in [0.15, 0.2) is 11.0 Å². The van der Waals surface area contributed by atoms with Gasteiger partial charge in [0.05, 0.1) is 6.20 Å². The second-order valence-corrected chi connectivity index (χ2v) is 6.84. The molecule has 1 saturated heterocycles. The lowest BCUT2D eigenvalue weighted by atomic mass is 9.99. The van der Waals surface area contributed by atoms with Crippen LogP contribution in [0.5, 0.6) is 0 Å². The van der Waals surface area contributed by atoms with Crippen molar-refractivity contribution in [3.63, 3.8) is 0 Å². The number of nitrogens with zero attached hydrogens (tertiary/aromatic N) is 6. The van der Waals surface area contributed by atoms with E-state index in [-0.39, 0.29) is 0 Å². The highest BCUT2D eigenvalue weighted by Gasteiger charge is 2.30. The van der Waals surface area contributed by atoms with Crippen LogP contribution in [0.4, 0.5) is 5.82 Å². The summed E-state index contributed by atoms with van der Waals surface area (Å²) in [6.45, 7) is 7.11. The van der Waals surface area contributed by atoms with Gasteiger partial charge in [-0.15, -0.1) is 0 Å². The Balaban J connectivity index is 1.67. The molecule has 1 fully saturated rings. The fraction of sp³-hybridized carbons (Fsp3) is 0.500. The Labute approximate surface area is 140 Å². The van der Waals surface area contributed by atoms with Crippen LogP contribution >= 0.6 is 11.8 Å². The molecule has 0 bridgehead atoms. The van der Waals surface area contributed by atoms with E-state index in [2.05, 4.69) is 50.5 Å². The highest BCUT2D eigenvalue weighted by molar-refractivity contribution is 7.98. The van der Waals surface area contributed by atoms with Gasteiger partial charge < -0.3 is 9.47 Å². The smallest absolute Gasteiger partial charge is 0.189 e. The van der Waals surface area contributed by atoms with Crippen LogP contribution in [0.1, 0.15) is 31.2 Å². The fourth-order valence-electron chi connectivity index (χ4n) is 2.89. The third kappa shape index (κ3) is 3.17. The zero-order valence-corrected chi connectivity index (χ0v) is 14.4. The lowest BCUT2D eigenvalue weighted by Gasteiger charge is -2.40. The molecule has 2 aromatic heterocycles. The Morgan fingerprint density at radius 2 is 2.17 bits per heavy atom. The summed E-state index contributed by atoms with van der Waals surface area (Å²) in [5, 5.41) is 9.95. The van der Waals surface area contributed by atoms with Crippen LogP contribution in [0.2, 0.25) is 0 Å². The largest absolute Gasteiger partial charge is 0.355 e. The topological polar surface area (TPSA) is 70.6 Å². The molecule has 2 aromatic rings. The molecule has 3 heterocycles. The average Bonchev–Trinajstić information content (AvgIpc) is 2.98. The van der Waals surface area contributed by atoms with E-state index in [0.717, 1.165) is 31.3 Å². The third-order valence-electron chi connectivity index (χ3n) is 4.03. The van der Waals surface area contributed by atoms with Crippen LogP contribution in [0.3, 0.4) is 0 Å². The van der Waals surface area contributed by atoms with Crippen LogP contribution in [0.15, 0.2) is 23.7 Å². The van der Waals surface area contributed by atoms with Crippen LogP contribution in [-0.4, -0.2) is 38.9 Å². The molecule has 0 atom stereocenters. The SMILES string of the molecule is CSc1ncc(C#N)c(N2CC(Cn3ccnc3C(C)C)C2)n1. The number of nitriles is 1. The summed E-state index contributed by atoms with van der Waals surface area (Å²) >= 11 is 1.49. The van der Waals surface area contributed by atoms with E-state index in [1.165, 1.54) is 11.8 Å². The van der Waals surface area contributed by atoms with Gasteiger partial charge in [-0.25, -0.2) is 15.0 Å². The van der Waals surface area contributed by atoms with Gasteiger partial charge in [-0.1, -0.05) is 25.6 Å². The second-order valence-electron chi connectivity index (χ2n) is 6.07. The van der Waals surface area contributed by atoms with Crippen LogP contribution in [0.25, 0.3) is 0 Å². The number of imidazole rings is 1. The van der Waals surface area contributed by atoms with Crippen molar-refractivity contribution in [2.24, 2.45) is 5.92 Å².